The number of hydrogen-bond acceptors (Lipinski definition) is 4. The maximum Gasteiger partial charge on any atom is 0.329 e. The van der Waals surface area contributed by atoms with E-state index in [1.807, 2.05) is 0 Å². The number of nitrogens with one attached hydrogen (secondary N) is 3. The van der Waals surface area contributed by atoms with Gasteiger partial charge < -0.3 is 10.1 Å². The summed E-state index contributed by atoms with van der Waals surface area (Å²) in [5.74, 6) is 0. The molecule has 12 heavy (non-hydrogen) atoms. The Hall–Kier alpha value is -0.750. The van der Waals surface area contributed by atoms with E-state index in [0.717, 1.165) is 0 Å². The smallest absolute Gasteiger partial charge is 0.329 e. The van der Waals surface area contributed by atoms with Gasteiger partial charge in [-0.05, 0) is 6.92 Å². The van der Waals surface area contributed by atoms with E-state index in [1.165, 1.54) is 0 Å². The molecule has 0 aromatic heterocycles. The van der Waals surface area contributed by atoms with Crippen LogP contribution in [0.1, 0.15) is 6.92 Å². The van der Waals surface area contributed by atoms with Crippen LogP contribution >= 0.6 is 12.6 Å². The van der Waals surface area contributed by atoms with Gasteiger partial charge in [-0.1, -0.05) is 0 Å². The molecule has 0 heterocycles. The maximum atomic E-state index is 10.8. The average molecular weight is 191 g/mol. The van der Waals surface area contributed by atoms with Crippen LogP contribution in [0.4, 0.5) is 4.79 Å². The quantitative estimate of drug-likeness (QED) is 0.270. The third-order valence-corrected chi connectivity index (χ3v) is 1.82. The van der Waals surface area contributed by atoms with E-state index >= 15 is 0 Å². The summed E-state index contributed by atoms with van der Waals surface area (Å²) in [7, 11) is 1.57. The molecule has 2 atom stereocenters. The number of amides is 2. The van der Waals surface area contributed by atoms with Gasteiger partial charge in [0.25, 0.3) is 0 Å². The van der Waals surface area contributed by atoms with Crippen molar-refractivity contribution in [2.45, 2.75) is 18.2 Å². The van der Waals surface area contributed by atoms with Gasteiger partial charge in [-0.15, -0.1) is 0 Å². The molecule has 3 N–H and O–H groups in total. The summed E-state index contributed by atoms with van der Waals surface area (Å²) in [6.45, 7) is 1.70. The van der Waals surface area contributed by atoms with E-state index in [-0.39, 0.29) is 12.1 Å². The van der Waals surface area contributed by atoms with Crippen LogP contribution in [-0.2, 0) is 4.79 Å². The highest BCUT2D eigenvalue weighted by atomic mass is 32.1. The largest absolute Gasteiger partial charge is 0.333 e. The van der Waals surface area contributed by atoms with E-state index in [0.29, 0.717) is 6.29 Å². The van der Waals surface area contributed by atoms with Crippen molar-refractivity contribution < 1.29 is 9.59 Å². The molecular weight excluding hydrogens is 178 g/mol. The maximum absolute atomic E-state index is 10.8. The minimum atomic E-state index is -0.479. The third-order valence-electron chi connectivity index (χ3n) is 1.25. The lowest BCUT2D eigenvalue weighted by Crippen LogP contribution is -2.48. The van der Waals surface area contributed by atoms with E-state index in [9.17, 15) is 9.59 Å². The number of urea groups is 1. The molecule has 0 saturated heterocycles. The van der Waals surface area contributed by atoms with Crippen molar-refractivity contribution in [3.05, 3.63) is 0 Å². The van der Waals surface area contributed by atoms with Crippen LogP contribution < -0.4 is 16.2 Å². The highest BCUT2D eigenvalue weighted by Crippen LogP contribution is 1.96. The molecule has 0 rings (SSSR count). The molecule has 2 amide bonds. The lowest BCUT2D eigenvalue weighted by atomic mass is 10.2. The van der Waals surface area contributed by atoms with E-state index in [1.54, 1.807) is 14.0 Å². The fourth-order valence-electron chi connectivity index (χ4n) is 0.560. The summed E-state index contributed by atoms with van der Waals surface area (Å²) in [4.78, 5) is 21.1. The lowest BCUT2D eigenvalue weighted by Gasteiger charge is -2.15. The summed E-state index contributed by atoms with van der Waals surface area (Å²) in [5, 5.41) is 2.03. The fourth-order valence-corrected chi connectivity index (χ4v) is 0.634. The molecule has 0 aromatic carbocycles. The minimum Gasteiger partial charge on any atom is -0.333 e. The monoisotopic (exact) mass is 191 g/mol. The van der Waals surface area contributed by atoms with E-state index in [4.69, 9.17) is 0 Å². The van der Waals surface area contributed by atoms with Gasteiger partial charge in [-0.25, -0.2) is 10.2 Å². The second kappa shape index (κ2) is 5.84. The highest BCUT2D eigenvalue weighted by molar-refractivity contribution is 7.81. The molecule has 0 aliphatic heterocycles. The first-order chi connectivity index (χ1) is 5.61. The Morgan fingerprint density at radius 2 is 2.17 bits per heavy atom. The molecule has 0 radical (unpaired) electrons. The predicted octanol–water partition coefficient (Wildman–Crippen LogP) is -0.694. The van der Waals surface area contributed by atoms with Gasteiger partial charge in [-0.3, -0.25) is 5.43 Å². The molecular formula is C6H13N3O2S. The van der Waals surface area contributed by atoms with Gasteiger partial charge in [0.05, 0.1) is 5.25 Å². The zero-order valence-corrected chi connectivity index (χ0v) is 7.89. The fraction of sp³-hybridized carbons (Fsp3) is 0.667. The molecule has 0 bridgehead atoms. The zero-order chi connectivity index (χ0) is 9.56. The number of carbonyl (C=O) groups is 2. The number of hydrazine groups is 1. The number of hydrogen-bond donors (Lipinski definition) is 4. The number of carbonyl (C=O) groups excluding carboxylic acids is 2. The SMILES string of the molecule is CNNC(=O)NC(C)C(S)C=O. The first-order valence-corrected chi connectivity index (χ1v) is 4.00. The van der Waals surface area contributed by atoms with E-state index in [2.05, 4.69) is 28.8 Å². The predicted molar refractivity (Wildman–Crippen MR) is 49.0 cm³/mol. The van der Waals surface area contributed by atoms with Crippen molar-refractivity contribution in [1.82, 2.24) is 16.2 Å². The lowest BCUT2D eigenvalue weighted by molar-refractivity contribution is -0.107. The van der Waals surface area contributed by atoms with Crippen LogP contribution in [-0.4, -0.2) is 30.7 Å². The van der Waals surface area contributed by atoms with Gasteiger partial charge in [0.15, 0.2) is 0 Å². The van der Waals surface area contributed by atoms with Crippen LogP contribution in [0, 0.1) is 0 Å². The molecule has 6 heteroatoms. The summed E-state index contributed by atoms with van der Waals surface area (Å²) >= 11 is 3.94. The van der Waals surface area contributed by atoms with E-state index < -0.39 is 5.25 Å². The summed E-state index contributed by atoms with van der Waals surface area (Å²) in [5.41, 5.74) is 4.76. The second-order valence-corrected chi connectivity index (χ2v) is 2.86. The van der Waals surface area contributed by atoms with Crippen molar-refractivity contribution in [3.8, 4) is 0 Å². The van der Waals surface area contributed by atoms with Gasteiger partial charge in [0, 0.05) is 13.1 Å². The number of thiol groups is 1. The van der Waals surface area contributed by atoms with Crippen LogP contribution in [0.25, 0.3) is 0 Å². The van der Waals surface area contributed by atoms with Gasteiger partial charge in [0.2, 0.25) is 0 Å². The number of rotatable bonds is 4. The second-order valence-electron chi connectivity index (χ2n) is 2.26. The highest BCUT2D eigenvalue weighted by Gasteiger charge is 2.13. The van der Waals surface area contributed by atoms with Crippen LogP contribution in [0.2, 0.25) is 0 Å². The topological polar surface area (TPSA) is 70.2 Å². The zero-order valence-electron chi connectivity index (χ0n) is 7.00. The minimum absolute atomic E-state index is 0.292. The summed E-state index contributed by atoms with van der Waals surface area (Å²) in [6, 6.07) is -0.676. The van der Waals surface area contributed by atoms with Crippen LogP contribution in [0.15, 0.2) is 0 Å². The Morgan fingerprint density at radius 3 is 2.58 bits per heavy atom. The Balaban J connectivity index is 3.74. The first-order valence-electron chi connectivity index (χ1n) is 3.48. The normalized spacial score (nSPS) is 14.6. The van der Waals surface area contributed by atoms with Crippen LogP contribution in [0.3, 0.4) is 0 Å². The molecule has 0 fully saturated rings. The van der Waals surface area contributed by atoms with Gasteiger partial charge in [0.1, 0.15) is 6.29 Å². The van der Waals surface area contributed by atoms with Crippen LogP contribution in [0.5, 0.6) is 0 Å². The van der Waals surface area contributed by atoms with Gasteiger partial charge in [-0.2, -0.15) is 12.6 Å². The first kappa shape index (κ1) is 11.2. The molecule has 0 aromatic rings. The Labute approximate surface area is 76.7 Å². The molecule has 5 nitrogen and oxygen atoms in total. The van der Waals surface area contributed by atoms with Crippen molar-refractivity contribution in [2.24, 2.45) is 0 Å². The van der Waals surface area contributed by atoms with Crippen molar-refractivity contribution in [3.63, 3.8) is 0 Å². The Kier molecular flexibility index (Phi) is 5.48. The third kappa shape index (κ3) is 4.20. The molecule has 0 saturated carbocycles. The average Bonchev–Trinajstić information content (AvgIpc) is 2.03. The Bertz CT molecular complexity index is 165. The van der Waals surface area contributed by atoms with Crippen molar-refractivity contribution in [1.29, 1.82) is 0 Å². The molecule has 2 unspecified atom stereocenters. The summed E-state index contributed by atoms with van der Waals surface area (Å²) in [6.07, 6.45) is 0.674. The Morgan fingerprint density at radius 1 is 1.58 bits per heavy atom. The number of aldehydes is 1. The van der Waals surface area contributed by atoms with Crippen molar-refractivity contribution >= 4 is 24.9 Å². The molecule has 70 valence electrons. The summed E-state index contributed by atoms with van der Waals surface area (Å²) < 4.78 is 0. The molecule has 0 aliphatic carbocycles. The molecule has 0 spiro atoms. The van der Waals surface area contributed by atoms with Crippen molar-refractivity contribution in [2.75, 3.05) is 7.05 Å². The standard InChI is InChI=1S/C6H13N3O2S/c1-4(5(12)3-10)8-6(11)9-7-2/h3-5,7,12H,1-2H3,(H2,8,9,11). The molecule has 0 aliphatic rings. The van der Waals surface area contributed by atoms with Gasteiger partial charge >= 0.3 is 6.03 Å².